The molecule has 1 fully saturated rings. The van der Waals surface area contributed by atoms with Crippen LogP contribution < -0.4 is 4.90 Å². The molecule has 24 heavy (non-hydrogen) atoms. The summed E-state index contributed by atoms with van der Waals surface area (Å²) >= 11 is 0. The van der Waals surface area contributed by atoms with E-state index in [1.165, 1.54) is 0 Å². The van der Waals surface area contributed by atoms with Crippen LogP contribution in [-0.2, 0) is 4.79 Å². The number of piperazine rings is 1. The summed E-state index contributed by atoms with van der Waals surface area (Å²) in [5, 5.41) is 8.35. The van der Waals surface area contributed by atoms with Gasteiger partial charge in [-0.15, -0.1) is 10.2 Å². The SMILES string of the molecule is CCCN(CCC)C(=O)c1ccc(N2CCN(C(C)=O)CC2)nn1. The highest BCUT2D eigenvalue weighted by atomic mass is 16.2. The van der Waals surface area contributed by atoms with Crippen LogP contribution >= 0.6 is 0 Å². The first-order chi connectivity index (χ1) is 11.6. The summed E-state index contributed by atoms with van der Waals surface area (Å²) < 4.78 is 0. The Bertz CT molecular complexity index is 547. The van der Waals surface area contributed by atoms with Crippen LogP contribution in [0.25, 0.3) is 0 Å². The summed E-state index contributed by atoms with van der Waals surface area (Å²) in [6.45, 7) is 10.0. The van der Waals surface area contributed by atoms with Gasteiger partial charge >= 0.3 is 0 Å². The van der Waals surface area contributed by atoms with Crippen molar-refractivity contribution in [3.05, 3.63) is 17.8 Å². The molecule has 7 heteroatoms. The lowest BCUT2D eigenvalue weighted by atomic mass is 10.2. The predicted molar refractivity (Wildman–Crippen MR) is 93.0 cm³/mol. The van der Waals surface area contributed by atoms with E-state index >= 15 is 0 Å². The quantitative estimate of drug-likeness (QED) is 0.787. The van der Waals surface area contributed by atoms with Crippen molar-refractivity contribution in [3.63, 3.8) is 0 Å². The summed E-state index contributed by atoms with van der Waals surface area (Å²) in [5.41, 5.74) is 0.392. The van der Waals surface area contributed by atoms with Crippen LogP contribution in [0.4, 0.5) is 5.82 Å². The number of carbonyl (C=O) groups excluding carboxylic acids is 2. The van der Waals surface area contributed by atoms with Gasteiger partial charge in [0.1, 0.15) is 0 Å². The Morgan fingerprint density at radius 2 is 1.67 bits per heavy atom. The number of anilines is 1. The first-order valence-electron chi connectivity index (χ1n) is 8.70. The highest BCUT2D eigenvalue weighted by Gasteiger charge is 2.21. The van der Waals surface area contributed by atoms with Gasteiger partial charge < -0.3 is 14.7 Å². The molecule has 1 saturated heterocycles. The minimum Gasteiger partial charge on any atom is -0.352 e. The molecule has 0 atom stereocenters. The Labute approximate surface area is 143 Å². The standard InChI is InChI=1S/C17H27N5O2/c1-4-8-22(9-5-2)17(24)15-6-7-16(19-18-15)21-12-10-20(11-13-21)14(3)23/h6-7H,4-5,8-13H2,1-3H3. The number of nitrogens with zero attached hydrogens (tertiary/aromatic N) is 5. The number of aromatic nitrogens is 2. The summed E-state index contributed by atoms with van der Waals surface area (Å²) in [6.07, 6.45) is 1.86. The fraction of sp³-hybridized carbons (Fsp3) is 0.647. The monoisotopic (exact) mass is 333 g/mol. The minimum atomic E-state index is -0.0563. The molecule has 0 spiro atoms. The number of carbonyl (C=O) groups is 2. The van der Waals surface area contributed by atoms with Crippen LogP contribution in [0.1, 0.15) is 44.1 Å². The molecule has 1 aliphatic heterocycles. The van der Waals surface area contributed by atoms with E-state index in [0.717, 1.165) is 44.8 Å². The van der Waals surface area contributed by atoms with Gasteiger partial charge in [-0.2, -0.15) is 0 Å². The normalized spacial score (nSPS) is 14.6. The molecule has 2 heterocycles. The third-order valence-corrected chi connectivity index (χ3v) is 4.19. The van der Waals surface area contributed by atoms with E-state index in [4.69, 9.17) is 0 Å². The number of amides is 2. The lowest BCUT2D eigenvalue weighted by Crippen LogP contribution is -2.48. The zero-order valence-electron chi connectivity index (χ0n) is 14.9. The van der Waals surface area contributed by atoms with Gasteiger partial charge in [-0.3, -0.25) is 9.59 Å². The molecule has 0 N–H and O–H groups in total. The Balaban J connectivity index is 2.00. The van der Waals surface area contributed by atoms with E-state index in [1.807, 2.05) is 15.9 Å². The molecule has 2 amide bonds. The van der Waals surface area contributed by atoms with Crippen molar-refractivity contribution >= 4 is 17.6 Å². The van der Waals surface area contributed by atoms with Crippen LogP contribution in [0.3, 0.4) is 0 Å². The molecule has 0 unspecified atom stereocenters. The topological polar surface area (TPSA) is 69.6 Å². The van der Waals surface area contributed by atoms with Crippen LogP contribution in [0, 0.1) is 0 Å². The van der Waals surface area contributed by atoms with E-state index in [-0.39, 0.29) is 11.8 Å². The highest BCUT2D eigenvalue weighted by Crippen LogP contribution is 2.14. The van der Waals surface area contributed by atoms with Gasteiger partial charge in [0.05, 0.1) is 0 Å². The molecular weight excluding hydrogens is 306 g/mol. The number of rotatable bonds is 6. The summed E-state index contributed by atoms with van der Waals surface area (Å²) in [5.74, 6) is 0.806. The van der Waals surface area contributed by atoms with Crippen LogP contribution in [0.5, 0.6) is 0 Å². The van der Waals surface area contributed by atoms with Crippen LogP contribution in [0.2, 0.25) is 0 Å². The largest absolute Gasteiger partial charge is 0.352 e. The van der Waals surface area contributed by atoms with E-state index in [1.54, 1.807) is 13.0 Å². The maximum atomic E-state index is 12.5. The molecule has 7 nitrogen and oxygen atoms in total. The van der Waals surface area contributed by atoms with Crippen molar-refractivity contribution in [2.24, 2.45) is 0 Å². The van der Waals surface area contributed by atoms with Gasteiger partial charge in [0, 0.05) is 46.2 Å². The van der Waals surface area contributed by atoms with Gasteiger partial charge in [0.15, 0.2) is 11.5 Å². The first-order valence-corrected chi connectivity index (χ1v) is 8.70. The van der Waals surface area contributed by atoms with Crippen molar-refractivity contribution in [3.8, 4) is 0 Å². The van der Waals surface area contributed by atoms with Crippen molar-refractivity contribution in [2.45, 2.75) is 33.6 Å². The fourth-order valence-corrected chi connectivity index (χ4v) is 2.88. The van der Waals surface area contributed by atoms with Gasteiger partial charge in [-0.25, -0.2) is 0 Å². The molecule has 0 saturated carbocycles. The first kappa shape index (κ1) is 18.2. The van der Waals surface area contributed by atoms with E-state index in [9.17, 15) is 9.59 Å². The smallest absolute Gasteiger partial charge is 0.274 e. The zero-order valence-corrected chi connectivity index (χ0v) is 14.9. The fourth-order valence-electron chi connectivity index (χ4n) is 2.88. The Hall–Kier alpha value is -2.18. The Morgan fingerprint density at radius 1 is 1.04 bits per heavy atom. The van der Waals surface area contributed by atoms with E-state index < -0.39 is 0 Å². The molecule has 0 aliphatic carbocycles. The maximum absolute atomic E-state index is 12.5. The molecule has 1 aromatic heterocycles. The third kappa shape index (κ3) is 4.43. The predicted octanol–water partition coefficient (Wildman–Crippen LogP) is 1.41. The second-order valence-electron chi connectivity index (χ2n) is 6.06. The van der Waals surface area contributed by atoms with E-state index in [0.29, 0.717) is 18.8 Å². The van der Waals surface area contributed by atoms with Gasteiger partial charge in [0.2, 0.25) is 5.91 Å². The molecule has 2 rings (SSSR count). The zero-order chi connectivity index (χ0) is 17.5. The molecule has 1 aliphatic rings. The lowest BCUT2D eigenvalue weighted by molar-refractivity contribution is -0.129. The summed E-state index contributed by atoms with van der Waals surface area (Å²) in [7, 11) is 0. The molecule has 132 valence electrons. The van der Waals surface area contributed by atoms with Crippen LogP contribution in [0.15, 0.2) is 12.1 Å². The molecular formula is C17H27N5O2. The lowest BCUT2D eigenvalue weighted by Gasteiger charge is -2.34. The minimum absolute atomic E-state index is 0.0563. The number of hydrogen-bond donors (Lipinski definition) is 0. The van der Waals surface area contributed by atoms with Crippen LogP contribution in [-0.4, -0.2) is 71.1 Å². The Morgan fingerprint density at radius 3 is 2.12 bits per heavy atom. The molecule has 0 aromatic carbocycles. The van der Waals surface area contributed by atoms with Gasteiger partial charge in [0.25, 0.3) is 5.91 Å². The maximum Gasteiger partial charge on any atom is 0.274 e. The second-order valence-corrected chi connectivity index (χ2v) is 6.06. The summed E-state index contributed by atoms with van der Waals surface area (Å²) in [4.78, 5) is 29.6. The Kier molecular flexibility index (Phi) is 6.52. The van der Waals surface area contributed by atoms with Crippen molar-refractivity contribution in [2.75, 3.05) is 44.2 Å². The molecule has 0 bridgehead atoms. The van der Waals surface area contributed by atoms with Gasteiger partial charge in [-0.05, 0) is 25.0 Å². The highest BCUT2D eigenvalue weighted by molar-refractivity contribution is 5.92. The molecule has 1 aromatic rings. The second kappa shape index (κ2) is 8.61. The van der Waals surface area contributed by atoms with Gasteiger partial charge in [-0.1, -0.05) is 13.8 Å². The summed E-state index contributed by atoms with van der Waals surface area (Å²) in [6, 6.07) is 3.60. The van der Waals surface area contributed by atoms with Crippen molar-refractivity contribution < 1.29 is 9.59 Å². The average molecular weight is 333 g/mol. The molecule has 0 radical (unpaired) electrons. The van der Waals surface area contributed by atoms with Crippen molar-refractivity contribution in [1.29, 1.82) is 0 Å². The van der Waals surface area contributed by atoms with E-state index in [2.05, 4.69) is 28.9 Å². The third-order valence-electron chi connectivity index (χ3n) is 4.19. The number of hydrogen-bond acceptors (Lipinski definition) is 5. The average Bonchev–Trinajstić information content (AvgIpc) is 2.61. The van der Waals surface area contributed by atoms with Crippen molar-refractivity contribution in [1.82, 2.24) is 20.0 Å².